The van der Waals surface area contributed by atoms with Crippen LogP contribution in [-0.2, 0) is 9.84 Å². The summed E-state index contributed by atoms with van der Waals surface area (Å²) in [6.45, 7) is 0.655. The second kappa shape index (κ2) is 7.20. The lowest BCUT2D eigenvalue weighted by Gasteiger charge is -2.08. The standard InChI is InChI=1S/C12H18N2O5S/c1-20(18,19)10-5-6-11(12(9-10)14(16)17)13-7-3-2-4-8-15/h5-6,9,13,15H,2-4,7-8H2,1H3. The third-order valence-electron chi connectivity index (χ3n) is 2.74. The maximum Gasteiger partial charge on any atom is 0.293 e. The summed E-state index contributed by atoms with van der Waals surface area (Å²) in [6.07, 6.45) is 3.29. The fourth-order valence-electron chi connectivity index (χ4n) is 1.68. The number of nitrogens with zero attached hydrogens (tertiary/aromatic N) is 1. The normalized spacial score (nSPS) is 11.3. The van der Waals surface area contributed by atoms with Crippen LogP contribution in [0.5, 0.6) is 0 Å². The van der Waals surface area contributed by atoms with Crippen LogP contribution in [0.25, 0.3) is 0 Å². The molecule has 0 spiro atoms. The maximum absolute atomic E-state index is 11.4. The lowest BCUT2D eigenvalue weighted by molar-refractivity contribution is -0.384. The van der Waals surface area contributed by atoms with Gasteiger partial charge in [0.1, 0.15) is 5.69 Å². The Hall–Kier alpha value is -1.67. The van der Waals surface area contributed by atoms with Crippen LogP contribution in [0.3, 0.4) is 0 Å². The Morgan fingerprint density at radius 3 is 2.55 bits per heavy atom. The molecule has 0 saturated carbocycles. The van der Waals surface area contributed by atoms with Crippen LogP contribution < -0.4 is 5.32 Å². The number of hydrogen-bond acceptors (Lipinski definition) is 6. The number of nitro benzene ring substituents is 1. The summed E-state index contributed by atoms with van der Waals surface area (Å²) in [6, 6.07) is 3.81. The maximum atomic E-state index is 11.4. The fraction of sp³-hybridized carbons (Fsp3) is 0.500. The molecule has 1 rings (SSSR count). The van der Waals surface area contributed by atoms with Crippen LogP contribution in [0.4, 0.5) is 11.4 Å². The monoisotopic (exact) mass is 302 g/mol. The van der Waals surface area contributed by atoms with Crippen molar-refractivity contribution in [2.45, 2.75) is 24.2 Å². The van der Waals surface area contributed by atoms with Gasteiger partial charge in [-0.1, -0.05) is 0 Å². The smallest absolute Gasteiger partial charge is 0.293 e. The van der Waals surface area contributed by atoms with Gasteiger partial charge in [0.15, 0.2) is 9.84 Å². The molecule has 0 aliphatic rings. The topological polar surface area (TPSA) is 110 Å². The number of aliphatic hydroxyl groups excluding tert-OH is 1. The Kier molecular flexibility index (Phi) is 5.90. The zero-order chi connectivity index (χ0) is 15.2. The van der Waals surface area contributed by atoms with Crippen LogP contribution in [0.15, 0.2) is 23.1 Å². The van der Waals surface area contributed by atoms with Gasteiger partial charge >= 0.3 is 0 Å². The molecule has 7 nitrogen and oxygen atoms in total. The SMILES string of the molecule is CS(=O)(=O)c1ccc(NCCCCCO)c([N+](=O)[O-])c1. The van der Waals surface area contributed by atoms with Crippen molar-refractivity contribution in [2.24, 2.45) is 0 Å². The van der Waals surface area contributed by atoms with E-state index in [1.165, 1.54) is 12.1 Å². The minimum absolute atomic E-state index is 0.0740. The highest BCUT2D eigenvalue weighted by Crippen LogP contribution is 2.27. The molecule has 0 saturated heterocycles. The molecule has 1 aromatic rings. The summed E-state index contributed by atoms with van der Waals surface area (Å²) < 4.78 is 22.8. The second-order valence-electron chi connectivity index (χ2n) is 4.42. The van der Waals surface area contributed by atoms with E-state index in [9.17, 15) is 18.5 Å². The molecule has 8 heteroatoms. The average molecular weight is 302 g/mol. The van der Waals surface area contributed by atoms with Crippen LogP contribution in [0, 0.1) is 10.1 Å². The van der Waals surface area contributed by atoms with Gasteiger partial charge in [-0.05, 0) is 31.4 Å². The van der Waals surface area contributed by atoms with Gasteiger partial charge in [-0.25, -0.2) is 8.42 Å². The number of rotatable bonds is 8. The highest BCUT2D eigenvalue weighted by atomic mass is 32.2. The van der Waals surface area contributed by atoms with Gasteiger partial charge in [0.2, 0.25) is 0 Å². The zero-order valence-electron chi connectivity index (χ0n) is 11.2. The molecule has 0 aromatic heterocycles. The van der Waals surface area contributed by atoms with Crippen LogP contribution in [-0.4, -0.2) is 37.9 Å². The third-order valence-corrected chi connectivity index (χ3v) is 3.85. The molecule has 0 radical (unpaired) electrons. The van der Waals surface area contributed by atoms with Crippen molar-refractivity contribution < 1.29 is 18.4 Å². The molecule has 0 aliphatic carbocycles. The predicted molar refractivity (Wildman–Crippen MR) is 75.6 cm³/mol. The van der Waals surface area contributed by atoms with Gasteiger partial charge in [0.25, 0.3) is 5.69 Å². The van der Waals surface area contributed by atoms with E-state index in [1.54, 1.807) is 0 Å². The van der Waals surface area contributed by atoms with E-state index >= 15 is 0 Å². The fourth-order valence-corrected chi connectivity index (χ4v) is 2.32. The molecular weight excluding hydrogens is 284 g/mol. The van der Waals surface area contributed by atoms with Crippen LogP contribution in [0.1, 0.15) is 19.3 Å². The largest absolute Gasteiger partial charge is 0.396 e. The van der Waals surface area contributed by atoms with E-state index in [4.69, 9.17) is 5.11 Å². The first-order valence-corrected chi connectivity index (χ1v) is 8.08. The molecule has 1 aromatic carbocycles. The Morgan fingerprint density at radius 2 is 2.00 bits per heavy atom. The van der Waals surface area contributed by atoms with Crippen molar-refractivity contribution in [3.8, 4) is 0 Å². The summed E-state index contributed by atoms with van der Waals surface area (Å²) in [5, 5.41) is 22.5. The van der Waals surface area contributed by atoms with E-state index < -0.39 is 14.8 Å². The number of aliphatic hydroxyl groups is 1. The summed E-state index contributed by atoms with van der Waals surface area (Å²) in [5.74, 6) is 0. The molecule has 0 atom stereocenters. The number of nitro groups is 1. The van der Waals surface area contributed by atoms with Crippen LogP contribution in [0.2, 0.25) is 0 Å². The summed E-state index contributed by atoms with van der Waals surface area (Å²) in [7, 11) is -3.47. The Balaban J connectivity index is 2.83. The van der Waals surface area contributed by atoms with Gasteiger partial charge in [-0.15, -0.1) is 0 Å². The Morgan fingerprint density at radius 1 is 1.30 bits per heavy atom. The van der Waals surface area contributed by atoms with Crippen molar-refractivity contribution in [3.05, 3.63) is 28.3 Å². The lowest BCUT2D eigenvalue weighted by Crippen LogP contribution is -2.06. The number of unbranched alkanes of at least 4 members (excludes halogenated alkanes) is 2. The number of benzene rings is 1. The average Bonchev–Trinajstić information content (AvgIpc) is 2.37. The first-order valence-electron chi connectivity index (χ1n) is 6.19. The van der Waals surface area contributed by atoms with Gasteiger partial charge in [-0.3, -0.25) is 10.1 Å². The van der Waals surface area contributed by atoms with E-state index in [2.05, 4.69) is 5.32 Å². The molecule has 20 heavy (non-hydrogen) atoms. The summed E-state index contributed by atoms with van der Waals surface area (Å²) in [4.78, 5) is 10.3. The van der Waals surface area contributed by atoms with E-state index in [1.807, 2.05) is 0 Å². The first-order chi connectivity index (χ1) is 9.36. The van der Waals surface area contributed by atoms with E-state index in [0.29, 0.717) is 18.7 Å². The Labute approximate surface area is 117 Å². The van der Waals surface area contributed by atoms with E-state index in [0.717, 1.165) is 25.2 Å². The lowest BCUT2D eigenvalue weighted by atomic mass is 10.2. The minimum Gasteiger partial charge on any atom is -0.396 e. The number of nitrogens with one attached hydrogen (secondary N) is 1. The van der Waals surface area contributed by atoms with Crippen LogP contribution >= 0.6 is 0 Å². The molecule has 112 valence electrons. The molecule has 2 N–H and O–H groups in total. The molecule has 0 amide bonds. The molecule has 0 unspecified atom stereocenters. The highest BCUT2D eigenvalue weighted by Gasteiger charge is 2.18. The minimum atomic E-state index is -3.47. The van der Waals surface area contributed by atoms with Gasteiger partial charge < -0.3 is 10.4 Å². The molecule has 0 heterocycles. The first kappa shape index (κ1) is 16.4. The summed E-state index contributed by atoms with van der Waals surface area (Å²) in [5.41, 5.74) is 0.0430. The molecule has 0 bridgehead atoms. The molecule has 0 aliphatic heterocycles. The van der Waals surface area contributed by atoms with Crippen molar-refractivity contribution in [3.63, 3.8) is 0 Å². The van der Waals surface area contributed by atoms with Crippen molar-refractivity contribution in [1.82, 2.24) is 0 Å². The molecular formula is C12H18N2O5S. The molecule has 0 fully saturated rings. The Bertz CT molecular complexity index is 571. The van der Waals surface area contributed by atoms with Crippen molar-refractivity contribution in [1.29, 1.82) is 0 Å². The van der Waals surface area contributed by atoms with Gasteiger partial charge in [0.05, 0.1) is 9.82 Å². The van der Waals surface area contributed by atoms with Gasteiger partial charge in [-0.2, -0.15) is 0 Å². The van der Waals surface area contributed by atoms with E-state index in [-0.39, 0.29) is 17.2 Å². The van der Waals surface area contributed by atoms with Crippen molar-refractivity contribution in [2.75, 3.05) is 24.7 Å². The third kappa shape index (κ3) is 4.78. The predicted octanol–water partition coefficient (Wildman–Crippen LogP) is 1.57. The zero-order valence-corrected chi connectivity index (χ0v) is 12.0. The number of hydrogen-bond donors (Lipinski definition) is 2. The number of anilines is 1. The van der Waals surface area contributed by atoms with Gasteiger partial charge in [0, 0.05) is 25.5 Å². The second-order valence-corrected chi connectivity index (χ2v) is 6.44. The highest BCUT2D eigenvalue weighted by molar-refractivity contribution is 7.90. The van der Waals surface area contributed by atoms with Crippen molar-refractivity contribution >= 4 is 21.2 Å². The quantitative estimate of drug-likeness (QED) is 0.428. The summed E-state index contributed by atoms with van der Waals surface area (Å²) >= 11 is 0. The number of sulfone groups is 1.